The van der Waals surface area contributed by atoms with E-state index in [-0.39, 0.29) is 6.61 Å². The summed E-state index contributed by atoms with van der Waals surface area (Å²) in [6.45, 7) is 9.73. The number of piperazine rings is 1. The maximum Gasteiger partial charge on any atom is 0.0446 e. The van der Waals surface area contributed by atoms with Gasteiger partial charge in [0.1, 0.15) is 0 Å². The Bertz CT molecular complexity index is 668. The van der Waals surface area contributed by atoms with Gasteiger partial charge in [-0.15, -0.1) is 0 Å². The van der Waals surface area contributed by atoms with Gasteiger partial charge in [0, 0.05) is 45.4 Å². The Labute approximate surface area is 151 Å². The lowest BCUT2D eigenvalue weighted by molar-refractivity contribution is 0.0499. The van der Waals surface area contributed by atoms with Crippen molar-refractivity contribution >= 4 is 0 Å². The fourth-order valence-electron chi connectivity index (χ4n) is 3.69. The number of aliphatic hydroxyl groups excluding tert-OH is 1. The molecule has 25 heavy (non-hydrogen) atoms. The van der Waals surface area contributed by atoms with Crippen molar-refractivity contribution in [3.63, 3.8) is 0 Å². The summed E-state index contributed by atoms with van der Waals surface area (Å²) in [6, 6.07) is 17.9. The normalized spacial score (nSPS) is 19.2. The maximum atomic E-state index is 9.51. The minimum Gasteiger partial charge on any atom is -0.396 e. The highest BCUT2D eigenvalue weighted by atomic mass is 16.3. The minimum absolute atomic E-state index is 0.257. The Hall–Kier alpha value is -1.68. The number of hydrogen-bond acceptors (Lipinski definition) is 3. The third-order valence-corrected chi connectivity index (χ3v) is 5.31. The van der Waals surface area contributed by atoms with Gasteiger partial charge in [0.15, 0.2) is 0 Å². The van der Waals surface area contributed by atoms with Gasteiger partial charge in [-0.25, -0.2) is 0 Å². The standard InChI is InChI=1S/C22H30N2O/c1-18-7-9-20(10-8-18)15-24-13-12-23(17-22(24)11-14-25)16-21-6-4-3-5-19(21)2/h3-10,22,25H,11-17H2,1-2H3/t22-/m0/s1. The van der Waals surface area contributed by atoms with E-state index in [4.69, 9.17) is 0 Å². The van der Waals surface area contributed by atoms with Gasteiger partial charge in [0.25, 0.3) is 0 Å². The Morgan fingerprint density at radius 2 is 1.72 bits per heavy atom. The number of benzene rings is 2. The molecule has 3 nitrogen and oxygen atoms in total. The molecule has 1 atom stereocenters. The van der Waals surface area contributed by atoms with E-state index in [9.17, 15) is 5.11 Å². The molecule has 0 amide bonds. The van der Waals surface area contributed by atoms with Crippen LogP contribution in [0.15, 0.2) is 48.5 Å². The van der Waals surface area contributed by atoms with E-state index in [0.29, 0.717) is 6.04 Å². The molecule has 2 aromatic carbocycles. The number of hydrogen-bond donors (Lipinski definition) is 1. The summed E-state index contributed by atoms with van der Waals surface area (Å²) in [5.41, 5.74) is 5.44. The van der Waals surface area contributed by atoms with Crippen LogP contribution in [0, 0.1) is 13.8 Å². The number of nitrogens with zero attached hydrogens (tertiary/aromatic N) is 2. The summed E-state index contributed by atoms with van der Waals surface area (Å²) in [6.07, 6.45) is 0.843. The first kappa shape index (κ1) is 18.1. The monoisotopic (exact) mass is 338 g/mol. The molecular weight excluding hydrogens is 308 g/mol. The predicted octanol–water partition coefficient (Wildman–Crippen LogP) is 3.37. The Morgan fingerprint density at radius 3 is 2.44 bits per heavy atom. The van der Waals surface area contributed by atoms with E-state index >= 15 is 0 Å². The van der Waals surface area contributed by atoms with Crippen LogP contribution in [0.5, 0.6) is 0 Å². The van der Waals surface area contributed by atoms with Crippen molar-refractivity contribution in [2.75, 3.05) is 26.2 Å². The topological polar surface area (TPSA) is 26.7 Å². The van der Waals surface area contributed by atoms with E-state index in [1.165, 1.54) is 22.3 Å². The maximum absolute atomic E-state index is 9.51. The summed E-state index contributed by atoms with van der Waals surface area (Å²) in [5.74, 6) is 0. The fourth-order valence-corrected chi connectivity index (χ4v) is 3.69. The van der Waals surface area contributed by atoms with E-state index in [2.05, 4.69) is 72.2 Å². The van der Waals surface area contributed by atoms with E-state index in [0.717, 1.165) is 39.1 Å². The lowest BCUT2D eigenvalue weighted by atomic mass is 10.0. The van der Waals surface area contributed by atoms with Crippen LogP contribution in [0.4, 0.5) is 0 Å². The van der Waals surface area contributed by atoms with Crippen molar-refractivity contribution in [1.82, 2.24) is 9.80 Å². The molecule has 2 aromatic rings. The lowest BCUT2D eigenvalue weighted by Crippen LogP contribution is -2.52. The second-order valence-corrected chi connectivity index (χ2v) is 7.28. The molecule has 3 rings (SSSR count). The first-order chi connectivity index (χ1) is 12.2. The average Bonchev–Trinajstić information content (AvgIpc) is 2.61. The van der Waals surface area contributed by atoms with Crippen LogP contribution < -0.4 is 0 Å². The van der Waals surface area contributed by atoms with Crippen molar-refractivity contribution in [2.45, 2.75) is 39.4 Å². The second kappa shape index (κ2) is 8.61. The van der Waals surface area contributed by atoms with Gasteiger partial charge in [-0.2, -0.15) is 0 Å². The van der Waals surface area contributed by atoms with Gasteiger partial charge in [0.2, 0.25) is 0 Å². The van der Waals surface area contributed by atoms with Crippen molar-refractivity contribution in [1.29, 1.82) is 0 Å². The van der Waals surface area contributed by atoms with Crippen LogP contribution in [0.2, 0.25) is 0 Å². The predicted molar refractivity (Wildman–Crippen MR) is 104 cm³/mol. The quantitative estimate of drug-likeness (QED) is 0.875. The lowest BCUT2D eigenvalue weighted by Gasteiger charge is -2.41. The molecule has 0 radical (unpaired) electrons. The third-order valence-electron chi connectivity index (χ3n) is 5.31. The molecule has 0 unspecified atom stereocenters. The largest absolute Gasteiger partial charge is 0.396 e. The molecule has 0 aliphatic carbocycles. The van der Waals surface area contributed by atoms with E-state index in [1.807, 2.05) is 0 Å². The van der Waals surface area contributed by atoms with Crippen molar-refractivity contribution in [3.05, 3.63) is 70.8 Å². The summed E-state index contributed by atoms with van der Waals surface area (Å²) in [4.78, 5) is 5.07. The molecule has 1 heterocycles. The molecular formula is C22H30N2O. The average molecular weight is 338 g/mol. The highest BCUT2D eigenvalue weighted by Crippen LogP contribution is 2.19. The fraction of sp³-hybridized carbons (Fsp3) is 0.455. The van der Waals surface area contributed by atoms with Gasteiger partial charge in [-0.3, -0.25) is 9.80 Å². The summed E-state index contributed by atoms with van der Waals surface area (Å²) in [5, 5.41) is 9.51. The summed E-state index contributed by atoms with van der Waals surface area (Å²) >= 11 is 0. The molecule has 0 aromatic heterocycles. The molecule has 0 spiro atoms. The summed E-state index contributed by atoms with van der Waals surface area (Å²) in [7, 11) is 0. The first-order valence-electron chi connectivity index (χ1n) is 9.33. The van der Waals surface area contributed by atoms with Crippen LogP contribution in [-0.4, -0.2) is 47.2 Å². The molecule has 0 bridgehead atoms. The van der Waals surface area contributed by atoms with Crippen molar-refractivity contribution in [2.24, 2.45) is 0 Å². The SMILES string of the molecule is Cc1ccc(CN2CCN(Cc3ccccc3C)C[C@@H]2CCO)cc1. The van der Waals surface area contributed by atoms with E-state index in [1.54, 1.807) is 0 Å². The molecule has 1 N–H and O–H groups in total. The van der Waals surface area contributed by atoms with Crippen LogP contribution in [0.3, 0.4) is 0 Å². The van der Waals surface area contributed by atoms with Gasteiger partial charge in [-0.1, -0.05) is 54.1 Å². The summed E-state index contributed by atoms with van der Waals surface area (Å²) < 4.78 is 0. The zero-order valence-electron chi connectivity index (χ0n) is 15.5. The van der Waals surface area contributed by atoms with Gasteiger partial charge in [0.05, 0.1) is 0 Å². The molecule has 1 aliphatic rings. The highest BCUT2D eigenvalue weighted by molar-refractivity contribution is 5.25. The molecule has 1 aliphatic heterocycles. The van der Waals surface area contributed by atoms with Gasteiger partial charge < -0.3 is 5.11 Å². The number of aryl methyl sites for hydroxylation is 2. The Balaban J connectivity index is 1.63. The number of aliphatic hydroxyl groups is 1. The molecule has 134 valence electrons. The van der Waals surface area contributed by atoms with Crippen LogP contribution >= 0.6 is 0 Å². The van der Waals surface area contributed by atoms with Crippen molar-refractivity contribution in [3.8, 4) is 0 Å². The highest BCUT2D eigenvalue weighted by Gasteiger charge is 2.26. The van der Waals surface area contributed by atoms with E-state index < -0.39 is 0 Å². The smallest absolute Gasteiger partial charge is 0.0446 e. The first-order valence-corrected chi connectivity index (χ1v) is 9.33. The third kappa shape index (κ3) is 4.91. The van der Waals surface area contributed by atoms with Crippen LogP contribution in [-0.2, 0) is 13.1 Å². The molecule has 1 saturated heterocycles. The number of rotatable bonds is 6. The van der Waals surface area contributed by atoms with Crippen molar-refractivity contribution < 1.29 is 5.11 Å². The Morgan fingerprint density at radius 1 is 0.960 bits per heavy atom. The van der Waals surface area contributed by atoms with Gasteiger partial charge in [-0.05, 0) is 37.0 Å². The zero-order chi connectivity index (χ0) is 17.6. The molecule has 0 saturated carbocycles. The molecule has 3 heteroatoms. The minimum atomic E-state index is 0.257. The second-order valence-electron chi connectivity index (χ2n) is 7.28. The van der Waals surface area contributed by atoms with Crippen LogP contribution in [0.25, 0.3) is 0 Å². The van der Waals surface area contributed by atoms with Gasteiger partial charge >= 0.3 is 0 Å². The zero-order valence-corrected chi connectivity index (χ0v) is 15.5. The van der Waals surface area contributed by atoms with Crippen LogP contribution in [0.1, 0.15) is 28.7 Å². The Kier molecular flexibility index (Phi) is 6.24. The molecule has 1 fully saturated rings.